The van der Waals surface area contributed by atoms with E-state index in [0.717, 1.165) is 10.9 Å². The second kappa shape index (κ2) is 4.53. The summed E-state index contributed by atoms with van der Waals surface area (Å²) in [5.41, 5.74) is 0.826. The van der Waals surface area contributed by atoms with Crippen molar-refractivity contribution in [2.45, 2.75) is 0 Å². The van der Waals surface area contributed by atoms with Gasteiger partial charge in [-0.1, -0.05) is 12.1 Å². The SMILES string of the molecule is COc1nc(-n2ccc(=N)cc2)nc2ccccc12. The number of pyridine rings is 1. The van der Waals surface area contributed by atoms with Gasteiger partial charge in [-0.25, -0.2) is 4.98 Å². The summed E-state index contributed by atoms with van der Waals surface area (Å²) in [6, 6.07) is 11.1. The molecule has 0 bridgehead atoms. The summed E-state index contributed by atoms with van der Waals surface area (Å²) in [5, 5.41) is 8.81. The minimum atomic E-state index is 0.448. The molecule has 0 saturated carbocycles. The summed E-state index contributed by atoms with van der Waals surface area (Å²) < 4.78 is 7.07. The number of fused-ring (bicyclic) bond motifs is 1. The van der Waals surface area contributed by atoms with E-state index in [1.54, 1.807) is 36.2 Å². The van der Waals surface area contributed by atoms with Gasteiger partial charge < -0.3 is 10.1 Å². The van der Waals surface area contributed by atoms with Crippen LogP contribution in [0, 0.1) is 5.41 Å². The van der Waals surface area contributed by atoms with Crippen molar-refractivity contribution in [1.82, 2.24) is 14.5 Å². The molecule has 5 heteroatoms. The highest BCUT2D eigenvalue weighted by atomic mass is 16.5. The molecule has 0 spiro atoms. The molecule has 19 heavy (non-hydrogen) atoms. The highest BCUT2D eigenvalue weighted by Gasteiger charge is 2.07. The minimum absolute atomic E-state index is 0.448. The van der Waals surface area contributed by atoms with E-state index in [4.69, 9.17) is 10.1 Å². The molecular weight excluding hydrogens is 240 g/mol. The third kappa shape index (κ3) is 2.06. The first-order valence-electron chi connectivity index (χ1n) is 5.82. The molecule has 0 aliphatic rings. The normalized spacial score (nSPS) is 10.6. The second-order valence-corrected chi connectivity index (χ2v) is 4.04. The molecule has 94 valence electrons. The van der Waals surface area contributed by atoms with Gasteiger partial charge in [0.05, 0.1) is 23.4 Å². The molecule has 3 rings (SSSR count). The van der Waals surface area contributed by atoms with Crippen molar-refractivity contribution in [1.29, 1.82) is 5.41 Å². The first kappa shape index (κ1) is 11.4. The van der Waals surface area contributed by atoms with Crippen LogP contribution in [0.4, 0.5) is 0 Å². The molecule has 1 N–H and O–H groups in total. The van der Waals surface area contributed by atoms with Crippen LogP contribution in [0.15, 0.2) is 48.8 Å². The Morgan fingerprint density at radius 3 is 2.53 bits per heavy atom. The van der Waals surface area contributed by atoms with Crippen molar-refractivity contribution >= 4 is 10.9 Å². The number of hydrogen-bond donors (Lipinski definition) is 1. The van der Waals surface area contributed by atoms with E-state index in [2.05, 4.69) is 9.97 Å². The summed E-state index contributed by atoms with van der Waals surface area (Å²) in [6.07, 6.45) is 3.51. The van der Waals surface area contributed by atoms with Gasteiger partial charge in [0.2, 0.25) is 11.8 Å². The van der Waals surface area contributed by atoms with Gasteiger partial charge in [-0.3, -0.25) is 4.57 Å². The van der Waals surface area contributed by atoms with Crippen LogP contribution in [0.1, 0.15) is 0 Å². The van der Waals surface area contributed by atoms with E-state index in [1.807, 2.05) is 24.3 Å². The molecule has 2 heterocycles. The van der Waals surface area contributed by atoms with E-state index >= 15 is 0 Å². The van der Waals surface area contributed by atoms with Gasteiger partial charge in [0, 0.05) is 12.4 Å². The van der Waals surface area contributed by atoms with Crippen LogP contribution in [0.3, 0.4) is 0 Å². The van der Waals surface area contributed by atoms with Crippen LogP contribution in [0.2, 0.25) is 0 Å². The van der Waals surface area contributed by atoms with Gasteiger partial charge in [0.1, 0.15) is 0 Å². The van der Waals surface area contributed by atoms with Crippen LogP contribution in [-0.4, -0.2) is 21.6 Å². The predicted octanol–water partition coefficient (Wildman–Crippen LogP) is 1.91. The molecule has 0 atom stereocenters. The molecule has 2 aromatic heterocycles. The van der Waals surface area contributed by atoms with Crippen LogP contribution in [-0.2, 0) is 0 Å². The zero-order valence-corrected chi connectivity index (χ0v) is 10.4. The van der Waals surface area contributed by atoms with E-state index < -0.39 is 0 Å². The number of para-hydroxylation sites is 1. The molecule has 0 unspecified atom stereocenters. The lowest BCUT2D eigenvalue weighted by Gasteiger charge is -2.08. The number of ether oxygens (including phenoxy) is 1. The van der Waals surface area contributed by atoms with Gasteiger partial charge in [-0.15, -0.1) is 0 Å². The number of nitrogens with zero attached hydrogens (tertiary/aromatic N) is 3. The average Bonchev–Trinajstić information content (AvgIpc) is 2.47. The van der Waals surface area contributed by atoms with Crippen molar-refractivity contribution in [2.75, 3.05) is 7.11 Å². The van der Waals surface area contributed by atoms with Crippen LogP contribution >= 0.6 is 0 Å². The van der Waals surface area contributed by atoms with Crippen molar-refractivity contribution in [2.24, 2.45) is 0 Å². The van der Waals surface area contributed by atoms with Crippen molar-refractivity contribution in [3.05, 3.63) is 54.1 Å². The van der Waals surface area contributed by atoms with Crippen LogP contribution in [0.25, 0.3) is 16.9 Å². The standard InChI is InChI=1S/C14H12N4O/c1-19-13-11-4-2-3-5-12(11)16-14(17-13)18-8-6-10(15)7-9-18/h2-9,15H,1H3. The van der Waals surface area contributed by atoms with Crippen molar-refractivity contribution < 1.29 is 4.74 Å². The first-order chi connectivity index (χ1) is 9.28. The Kier molecular flexibility index (Phi) is 2.72. The number of methoxy groups -OCH3 is 1. The third-order valence-electron chi connectivity index (χ3n) is 2.81. The number of nitrogens with one attached hydrogen (secondary N) is 1. The van der Waals surface area contributed by atoms with Gasteiger partial charge in [0.15, 0.2) is 0 Å². The number of aromatic nitrogens is 3. The predicted molar refractivity (Wildman–Crippen MR) is 71.3 cm³/mol. The lowest BCUT2D eigenvalue weighted by atomic mass is 10.2. The fourth-order valence-corrected chi connectivity index (χ4v) is 1.87. The van der Waals surface area contributed by atoms with E-state index in [-0.39, 0.29) is 0 Å². The van der Waals surface area contributed by atoms with Gasteiger partial charge in [-0.2, -0.15) is 4.98 Å². The molecule has 0 aliphatic heterocycles. The fraction of sp³-hybridized carbons (Fsp3) is 0.0714. The van der Waals surface area contributed by atoms with Gasteiger partial charge in [0.25, 0.3) is 0 Å². The Labute approximate surface area is 109 Å². The maximum absolute atomic E-state index is 7.48. The summed E-state index contributed by atoms with van der Waals surface area (Å²) in [6.45, 7) is 0. The van der Waals surface area contributed by atoms with Crippen molar-refractivity contribution in [3.8, 4) is 11.8 Å². The second-order valence-electron chi connectivity index (χ2n) is 4.04. The Bertz CT molecular complexity index is 774. The van der Waals surface area contributed by atoms with Crippen molar-refractivity contribution in [3.63, 3.8) is 0 Å². The molecule has 0 amide bonds. The van der Waals surface area contributed by atoms with E-state index in [1.165, 1.54) is 0 Å². The summed E-state index contributed by atoms with van der Waals surface area (Å²) >= 11 is 0. The zero-order chi connectivity index (χ0) is 13.2. The third-order valence-corrected chi connectivity index (χ3v) is 2.81. The molecule has 0 saturated heterocycles. The maximum atomic E-state index is 7.48. The zero-order valence-electron chi connectivity index (χ0n) is 10.4. The largest absolute Gasteiger partial charge is 0.480 e. The van der Waals surface area contributed by atoms with Crippen LogP contribution < -0.4 is 10.1 Å². The summed E-state index contributed by atoms with van der Waals surface area (Å²) in [7, 11) is 1.59. The fourth-order valence-electron chi connectivity index (χ4n) is 1.87. The lowest BCUT2D eigenvalue weighted by molar-refractivity contribution is 0.402. The van der Waals surface area contributed by atoms with Gasteiger partial charge in [-0.05, 0) is 24.3 Å². The Balaban J connectivity index is 2.24. The molecule has 1 aromatic carbocycles. The Morgan fingerprint density at radius 1 is 1.05 bits per heavy atom. The number of benzene rings is 1. The maximum Gasteiger partial charge on any atom is 0.237 e. The smallest absolute Gasteiger partial charge is 0.237 e. The summed E-state index contributed by atoms with van der Waals surface area (Å²) in [4.78, 5) is 8.88. The average molecular weight is 252 g/mol. The van der Waals surface area contributed by atoms with Crippen LogP contribution in [0.5, 0.6) is 5.88 Å². The highest BCUT2D eigenvalue weighted by Crippen LogP contribution is 2.22. The Hall–Kier alpha value is -2.69. The topological polar surface area (TPSA) is 63.8 Å². The number of hydrogen-bond acceptors (Lipinski definition) is 4. The summed E-state index contributed by atoms with van der Waals surface area (Å²) in [5.74, 6) is 1.07. The molecule has 5 nitrogen and oxygen atoms in total. The monoisotopic (exact) mass is 252 g/mol. The highest BCUT2D eigenvalue weighted by molar-refractivity contribution is 5.83. The Morgan fingerprint density at radius 2 is 1.79 bits per heavy atom. The molecule has 0 fully saturated rings. The molecule has 0 radical (unpaired) electrons. The molecule has 3 aromatic rings. The first-order valence-corrected chi connectivity index (χ1v) is 5.82. The quantitative estimate of drug-likeness (QED) is 0.757. The van der Waals surface area contributed by atoms with Gasteiger partial charge >= 0.3 is 0 Å². The molecule has 0 aliphatic carbocycles. The van der Waals surface area contributed by atoms with E-state index in [9.17, 15) is 0 Å². The lowest BCUT2D eigenvalue weighted by Crippen LogP contribution is -2.06. The number of rotatable bonds is 2. The van der Waals surface area contributed by atoms with E-state index in [0.29, 0.717) is 17.2 Å². The molecular formula is C14H12N4O. The minimum Gasteiger partial charge on any atom is -0.480 e.